The smallest absolute Gasteiger partial charge is 0.227 e. The van der Waals surface area contributed by atoms with Crippen LogP contribution in [-0.4, -0.2) is 20.9 Å². The monoisotopic (exact) mass is 346 g/mol. The van der Waals surface area contributed by atoms with Gasteiger partial charge in [0.2, 0.25) is 11.9 Å². The van der Waals surface area contributed by atoms with Gasteiger partial charge in [-0.25, -0.2) is 9.97 Å². The van der Waals surface area contributed by atoms with E-state index in [-0.39, 0.29) is 12.3 Å². The van der Waals surface area contributed by atoms with Crippen LogP contribution in [-0.2, 0) is 11.2 Å². The molecule has 2 heterocycles. The van der Waals surface area contributed by atoms with Gasteiger partial charge in [-0.2, -0.15) is 0 Å². The van der Waals surface area contributed by atoms with E-state index in [0.29, 0.717) is 24.0 Å². The van der Waals surface area contributed by atoms with E-state index in [0.717, 1.165) is 16.6 Å². The van der Waals surface area contributed by atoms with E-state index < -0.39 is 0 Å². The van der Waals surface area contributed by atoms with Crippen LogP contribution < -0.4 is 5.32 Å². The highest BCUT2D eigenvalue weighted by Crippen LogP contribution is 2.21. The van der Waals surface area contributed by atoms with Gasteiger partial charge < -0.3 is 9.40 Å². The van der Waals surface area contributed by atoms with Crippen molar-refractivity contribution in [1.82, 2.24) is 15.0 Å². The normalized spacial score (nSPS) is 11.0. The Morgan fingerprint density at radius 2 is 1.96 bits per heavy atom. The first-order valence-corrected chi connectivity index (χ1v) is 8.44. The molecule has 0 radical (unpaired) electrons. The highest BCUT2D eigenvalue weighted by molar-refractivity contribution is 5.91. The van der Waals surface area contributed by atoms with Gasteiger partial charge >= 0.3 is 0 Å². The Kier molecular flexibility index (Phi) is 4.23. The first kappa shape index (κ1) is 16.1. The molecule has 0 aliphatic rings. The van der Waals surface area contributed by atoms with E-state index in [2.05, 4.69) is 20.3 Å². The molecule has 2 N–H and O–H groups in total. The zero-order valence-corrected chi connectivity index (χ0v) is 14.3. The molecular weight excluding hydrogens is 328 g/mol. The van der Waals surface area contributed by atoms with E-state index in [4.69, 9.17) is 4.42 Å². The third kappa shape index (κ3) is 3.49. The number of rotatable bonds is 5. The minimum absolute atomic E-state index is 0.140. The van der Waals surface area contributed by atoms with E-state index in [1.54, 1.807) is 6.20 Å². The summed E-state index contributed by atoms with van der Waals surface area (Å²) < 4.78 is 5.74. The van der Waals surface area contributed by atoms with Crippen LogP contribution in [0.25, 0.3) is 22.4 Å². The summed E-state index contributed by atoms with van der Waals surface area (Å²) in [5.74, 6) is 1.56. The molecule has 0 unspecified atom stereocenters. The summed E-state index contributed by atoms with van der Waals surface area (Å²) in [6, 6.07) is 15.7. The molecule has 4 aromatic rings. The van der Waals surface area contributed by atoms with Crippen molar-refractivity contribution < 1.29 is 9.21 Å². The Hall–Kier alpha value is -3.41. The fourth-order valence-electron chi connectivity index (χ4n) is 2.70. The van der Waals surface area contributed by atoms with Crippen LogP contribution in [0.1, 0.15) is 17.9 Å². The molecule has 1 amide bonds. The third-order valence-electron chi connectivity index (χ3n) is 4.10. The second-order valence-corrected chi connectivity index (χ2v) is 6.14. The van der Waals surface area contributed by atoms with Crippen molar-refractivity contribution in [1.29, 1.82) is 0 Å². The van der Waals surface area contributed by atoms with Crippen molar-refractivity contribution >= 4 is 22.9 Å². The molecule has 130 valence electrons. The summed E-state index contributed by atoms with van der Waals surface area (Å²) in [5, 5.41) is 2.77. The summed E-state index contributed by atoms with van der Waals surface area (Å²) in [4.78, 5) is 23.8. The number of carbonyl (C=O) groups excluding carboxylic acids is 1. The number of para-hydroxylation sites is 2. The van der Waals surface area contributed by atoms with Gasteiger partial charge in [-0.15, -0.1) is 0 Å². The Balaban J connectivity index is 1.36. The molecule has 26 heavy (non-hydrogen) atoms. The van der Waals surface area contributed by atoms with Crippen LogP contribution in [0.15, 0.2) is 59.1 Å². The number of benzene rings is 2. The highest BCUT2D eigenvalue weighted by atomic mass is 16.4. The van der Waals surface area contributed by atoms with Gasteiger partial charge in [0, 0.05) is 18.4 Å². The van der Waals surface area contributed by atoms with Crippen molar-refractivity contribution in [3.63, 3.8) is 0 Å². The van der Waals surface area contributed by atoms with Crippen molar-refractivity contribution in [3.8, 4) is 11.3 Å². The fraction of sp³-hybridized carbons (Fsp3) is 0.150. The summed E-state index contributed by atoms with van der Waals surface area (Å²) >= 11 is 0. The number of imidazole rings is 1. The maximum absolute atomic E-state index is 12.1. The largest absolute Gasteiger partial charge is 0.441 e. The number of hydrogen-bond donors (Lipinski definition) is 2. The zero-order valence-electron chi connectivity index (χ0n) is 14.3. The molecule has 4 rings (SSSR count). The number of nitrogens with one attached hydrogen (secondary N) is 2. The number of H-pyrrole nitrogens is 1. The Labute approximate surface area is 150 Å². The Morgan fingerprint density at radius 3 is 2.77 bits per heavy atom. The van der Waals surface area contributed by atoms with Gasteiger partial charge in [0.05, 0.1) is 17.2 Å². The van der Waals surface area contributed by atoms with Gasteiger partial charge in [-0.3, -0.25) is 10.1 Å². The third-order valence-corrected chi connectivity index (χ3v) is 4.10. The summed E-state index contributed by atoms with van der Waals surface area (Å²) in [7, 11) is 0. The predicted molar refractivity (Wildman–Crippen MR) is 99.7 cm³/mol. The maximum atomic E-state index is 12.1. The van der Waals surface area contributed by atoms with Gasteiger partial charge in [-0.1, -0.05) is 42.0 Å². The molecule has 0 atom stereocenters. The van der Waals surface area contributed by atoms with E-state index in [9.17, 15) is 4.79 Å². The van der Waals surface area contributed by atoms with E-state index >= 15 is 0 Å². The molecule has 6 nitrogen and oxygen atoms in total. The Morgan fingerprint density at radius 1 is 1.15 bits per heavy atom. The number of aryl methyl sites for hydroxylation is 2. The van der Waals surface area contributed by atoms with E-state index in [1.807, 2.05) is 55.5 Å². The Bertz CT molecular complexity index is 1010. The average molecular weight is 346 g/mol. The topological polar surface area (TPSA) is 83.8 Å². The van der Waals surface area contributed by atoms with Crippen molar-refractivity contribution in [3.05, 3.63) is 66.2 Å². The minimum Gasteiger partial charge on any atom is -0.441 e. The number of nitrogens with zero attached hydrogens (tertiary/aromatic N) is 2. The summed E-state index contributed by atoms with van der Waals surface area (Å²) in [6.45, 7) is 2.04. The number of aromatic nitrogens is 3. The molecule has 0 saturated heterocycles. The first-order chi connectivity index (χ1) is 12.7. The standard InChI is InChI=1S/C20H18N4O2/c1-13-6-8-14(9-7-13)17-12-21-19(26-17)11-10-18(25)24-20-22-15-4-2-3-5-16(15)23-20/h2-9,12H,10-11H2,1H3,(H2,22,23,24,25). The van der Waals surface area contributed by atoms with Crippen molar-refractivity contribution in [2.24, 2.45) is 0 Å². The lowest BCUT2D eigenvalue weighted by atomic mass is 10.1. The van der Waals surface area contributed by atoms with Crippen LogP contribution in [0, 0.1) is 6.92 Å². The molecular formula is C20H18N4O2. The number of oxazole rings is 1. The van der Waals surface area contributed by atoms with Gasteiger partial charge in [0.25, 0.3) is 0 Å². The summed E-state index contributed by atoms with van der Waals surface area (Å²) in [5.41, 5.74) is 3.87. The molecule has 2 aromatic heterocycles. The average Bonchev–Trinajstić information content (AvgIpc) is 3.27. The number of fused-ring (bicyclic) bond motifs is 1. The predicted octanol–water partition coefficient (Wildman–Crippen LogP) is 4.10. The van der Waals surface area contributed by atoms with E-state index in [1.165, 1.54) is 5.56 Å². The molecule has 0 aliphatic heterocycles. The lowest BCUT2D eigenvalue weighted by Crippen LogP contribution is -2.13. The van der Waals surface area contributed by atoms with Crippen molar-refractivity contribution in [2.75, 3.05) is 5.32 Å². The second-order valence-electron chi connectivity index (χ2n) is 6.14. The molecule has 2 aromatic carbocycles. The lowest BCUT2D eigenvalue weighted by Gasteiger charge is -2.00. The molecule has 0 spiro atoms. The molecule has 0 saturated carbocycles. The summed E-state index contributed by atoms with van der Waals surface area (Å²) in [6.07, 6.45) is 2.39. The maximum Gasteiger partial charge on any atom is 0.227 e. The van der Waals surface area contributed by atoms with Crippen LogP contribution in [0.3, 0.4) is 0 Å². The first-order valence-electron chi connectivity index (χ1n) is 8.44. The van der Waals surface area contributed by atoms with Crippen LogP contribution in [0.4, 0.5) is 5.95 Å². The number of hydrogen-bond acceptors (Lipinski definition) is 4. The van der Waals surface area contributed by atoms with Gasteiger partial charge in [-0.05, 0) is 19.1 Å². The molecule has 0 aliphatic carbocycles. The molecule has 0 fully saturated rings. The number of carbonyl (C=O) groups is 1. The minimum atomic E-state index is -0.140. The van der Waals surface area contributed by atoms with Crippen LogP contribution >= 0.6 is 0 Å². The van der Waals surface area contributed by atoms with Crippen LogP contribution in [0.2, 0.25) is 0 Å². The van der Waals surface area contributed by atoms with Crippen LogP contribution in [0.5, 0.6) is 0 Å². The zero-order chi connectivity index (χ0) is 17.9. The number of aromatic amines is 1. The van der Waals surface area contributed by atoms with Gasteiger partial charge in [0.1, 0.15) is 0 Å². The lowest BCUT2D eigenvalue weighted by molar-refractivity contribution is -0.116. The second kappa shape index (κ2) is 6.84. The number of anilines is 1. The van der Waals surface area contributed by atoms with Crippen molar-refractivity contribution in [2.45, 2.75) is 19.8 Å². The molecule has 0 bridgehead atoms. The van der Waals surface area contributed by atoms with Gasteiger partial charge in [0.15, 0.2) is 11.7 Å². The SMILES string of the molecule is Cc1ccc(-c2cnc(CCC(=O)Nc3nc4ccccc4[nH]3)o2)cc1. The quantitative estimate of drug-likeness (QED) is 0.570. The molecule has 6 heteroatoms. The number of amides is 1. The highest BCUT2D eigenvalue weighted by Gasteiger charge is 2.11. The fourth-order valence-corrected chi connectivity index (χ4v) is 2.70.